The summed E-state index contributed by atoms with van der Waals surface area (Å²) in [4.78, 5) is 10.9. The molecule has 0 spiro atoms. The lowest BCUT2D eigenvalue weighted by molar-refractivity contribution is -0.420. The fourth-order valence-electron chi connectivity index (χ4n) is 2.63. The maximum Gasteiger partial charge on any atom is 0.148 e. The van der Waals surface area contributed by atoms with Crippen LogP contribution in [0.1, 0.15) is 18.5 Å². The van der Waals surface area contributed by atoms with Crippen LogP contribution in [0.2, 0.25) is 0 Å². The van der Waals surface area contributed by atoms with Crippen molar-refractivity contribution in [3.05, 3.63) is 96.6 Å². The van der Waals surface area contributed by atoms with E-state index in [0.29, 0.717) is 16.7 Å². The van der Waals surface area contributed by atoms with Crippen LogP contribution in [-0.2, 0) is 9.36 Å². The molecule has 5 heteroatoms. The van der Waals surface area contributed by atoms with Crippen LogP contribution >= 0.6 is 7.14 Å². The van der Waals surface area contributed by atoms with Gasteiger partial charge in [0.15, 0.2) is 0 Å². The van der Waals surface area contributed by atoms with Gasteiger partial charge in [-0.3, -0.25) is 0 Å². The van der Waals surface area contributed by atoms with Crippen molar-refractivity contribution in [2.24, 2.45) is 0 Å². The molecule has 3 N–H and O–H groups in total. The Balaban J connectivity index is 0.000000244. The Hall–Kier alpha value is -2.68. The lowest BCUT2D eigenvalue weighted by atomic mass is 10.1. The van der Waals surface area contributed by atoms with Crippen molar-refractivity contribution in [3.63, 3.8) is 0 Å². The average Bonchev–Trinajstić information content (AvgIpc) is 2.70. The Morgan fingerprint density at radius 1 is 0.852 bits per heavy atom. The topological polar surface area (TPSA) is 84.8 Å². The number of quaternary nitrogens is 1. The molecule has 0 aromatic heterocycles. The van der Waals surface area contributed by atoms with E-state index in [1.54, 1.807) is 60.7 Å². The number of aliphatic carboxylic acids is 1. The molecule has 3 rings (SSSR count). The van der Waals surface area contributed by atoms with E-state index in [-0.39, 0.29) is 0 Å². The van der Waals surface area contributed by atoms with E-state index < -0.39 is 19.3 Å². The molecule has 27 heavy (non-hydrogen) atoms. The number of rotatable bonds is 5. The van der Waals surface area contributed by atoms with Gasteiger partial charge >= 0.3 is 0 Å². The van der Waals surface area contributed by atoms with Crippen LogP contribution < -0.4 is 21.4 Å². The van der Waals surface area contributed by atoms with Crippen LogP contribution in [0.5, 0.6) is 0 Å². The van der Waals surface area contributed by atoms with Gasteiger partial charge in [0, 0.05) is 28.3 Å². The quantitative estimate of drug-likeness (QED) is 0.683. The van der Waals surface area contributed by atoms with Gasteiger partial charge < -0.3 is 20.2 Å². The maximum atomic E-state index is 13.0. The molecular formula is C22H24NO3P. The van der Waals surface area contributed by atoms with E-state index in [4.69, 9.17) is 0 Å². The number of hydrogen-bond donors (Lipinski definition) is 1. The molecular weight excluding hydrogens is 357 g/mol. The number of benzene rings is 3. The number of carbonyl (C=O) groups excluding carboxylic acids is 1. The SMILES string of the molecule is CC([NH3+])c1ccccc1.O=C([O-])CP(=O)(c1ccccc1)c1ccccc1. The first kappa shape index (κ1) is 20.6. The van der Waals surface area contributed by atoms with Crippen LogP contribution in [0, 0.1) is 0 Å². The summed E-state index contributed by atoms with van der Waals surface area (Å²) in [5.74, 6) is -1.30. The normalized spacial score (nSPS) is 11.8. The van der Waals surface area contributed by atoms with E-state index in [1.807, 2.05) is 18.2 Å². The molecule has 0 aliphatic heterocycles. The highest BCUT2D eigenvalue weighted by atomic mass is 31.2. The van der Waals surface area contributed by atoms with Crippen molar-refractivity contribution in [2.75, 3.05) is 6.16 Å². The van der Waals surface area contributed by atoms with Gasteiger partial charge in [-0.15, -0.1) is 0 Å². The van der Waals surface area contributed by atoms with Crippen molar-refractivity contribution >= 4 is 23.7 Å². The molecule has 0 radical (unpaired) electrons. The molecule has 0 amide bonds. The molecule has 0 bridgehead atoms. The lowest BCUT2D eigenvalue weighted by Gasteiger charge is -2.19. The highest BCUT2D eigenvalue weighted by molar-refractivity contribution is 7.79. The van der Waals surface area contributed by atoms with E-state index >= 15 is 0 Å². The maximum absolute atomic E-state index is 13.0. The summed E-state index contributed by atoms with van der Waals surface area (Å²) >= 11 is 0. The monoisotopic (exact) mass is 381 g/mol. The summed E-state index contributed by atoms with van der Waals surface area (Å²) < 4.78 is 13.0. The summed E-state index contributed by atoms with van der Waals surface area (Å²) in [5.41, 5.74) is 5.21. The van der Waals surface area contributed by atoms with Crippen LogP contribution in [0.25, 0.3) is 0 Å². The molecule has 1 atom stereocenters. The molecule has 0 aliphatic rings. The van der Waals surface area contributed by atoms with Gasteiger partial charge in [-0.1, -0.05) is 91.0 Å². The molecule has 3 aromatic rings. The molecule has 3 aromatic carbocycles. The van der Waals surface area contributed by atoms with Gasteiger partial charge in [-0.2, -0.15) is 0 Å². The summed E-state index contributed by atoms with van der Waals surface area (Å²) in [7, 11) is -3.14. The number of carboxylic acid groups (broad SMARTS) is 1. The first-order valence-electron chi connectivity index (χ1n) is 8.71. The zero-order valence-electron chi connectivity index (χ0n) is 15.3. The molecule has 0 saturated carbocycles. The van der Waals surface area contributed by atoms with Crippen molar-refractivity contribution in [1.82, 2.24) is 0 Å². The van der Waals surface area contributed by atoms with Gasteiger partial charge in [-0.05, 0) is 6.92 Å². The number of hydrogen-bond acceptors (Lipinski definition) is 3. The largest absolute Gasteiger partial charge is 0.550 e. The Kier molecular flexibility index (Phi) is 7.54. The number of carboxylic acids is 1. The standard InChI is InChI=1S/C14H13O3P.C8H11N/c15-14(16)11-18(17,12-7-3-1-4-8-12)13-9-5-2-6-10-13;1-7(9)8-5-3-2-4-6-8/h1-10H,11H2,(H,15,16);2-7H,9H2,1H3. The van der Waals surface area contributed by atoms with E-state index in [2.05, 4.69) is 24.8 Å². The van der Waals surface area contributed by atoms with E-state index in [1.165, 1.54) is 5.56 Å². The summed E-state index contributed by atoms with van der Waals surface area (Å²) in [6.07, 6.45) is -0.471. The first-order chi connectivity index (χ1) is 12.9. The van der Waals surface area contributed by atoms with Crippen molar-refractivity contribution in [3.8, 4) is 0 Å². The second-order valence-electron chi connectivity index (χ2n) is 6.25. The zero-order valence-corrected chi connectivity index (χ0v) is 16.2. The second-order valence-corrected chi connectivity index (χ2v) is 9.08. The second kappa shape index (κ2) is 9.86. The molecule has 1 unspecified atom stereocenters. The van der Waals surface area contributed by atoms with Crippen molar-refractivity contribution in [2.45, 2.75) is 13.0 Å². The molecule has 4 nitrogen and oxygen atoms in total. The van der Waals surface area contributed by atoms with Crippen molar-refractivity contribution in [1.29, 1.82) is 0 Å². The Labute approximate surface area is 160 Å². The summed E-state index contributed by atoms with van der Waals surface area (Å²) in [6, 6.07) is 28.1. The minimum atomic E-state index is -3.14. The zero-order chi connectivity index (χ0) is 19.7. The molecule has 0 fully saturated rings. The molecule has 0 saturated heterocycles. The predicted octanol–water partition coefficient (Wildman–Crippen LogP) is 1.74. The summed E-state index contributed by atoms with van der Waals surface area (Å²) in [5, 5.41) is 12.0. The van der Waals surface area contributed by atoms with Gasteiger partial charge in [0.25, 0.3) is 0 Å². The lowest BCUT2D eigenvalue weighted by Crippen LogP contribution is -2.51. The average molecular weight is 381 g/mol. The van der Waals surface area contributed by atoms with Crippen LogP contribution in [-0.4, -0.2) is 12.1 Å². The highest BCUT2D eigenvalue weighted by Gasteiger charge is 2.26. The summed E-state index contributed by atoms with van der Waals surface area (Å²) in [6.45, 7) is 2.09. The van der Waals surface area contributed by atoms with Gasteiger partial charge in [0.2, 0.25) is 0 Å². The third-order valence-corrected chi connectivity index (χ3v) is 7.04. The Morgan fingerprint density at radius 2 is 1.22 bits per heavy atom. The predicted molar refractivity (Wildman–Crippen MR) is 107 cm³/mol. The van der Waals surface area contributed by atoms with Crippen LogP contribution in [0.3, 0.4) is 0 Å². The third-order valence-electron chi connectivity index (χ3n) is 4.07. The van der Waals surface area contributed by atoms with Crippen LogP contribution in [0.4, 0.5) is 0 Å². The van der Waals surface area contributed by atoms with E-state index in [9.17, 15) is 14.5 Å². The number of carbonyl (C=O) groups is 1. The molecule has 0 heterocycles. The van der Waals surface area contributed by atoms with Crippen LogP contribution in [0.15, 0.2) is 91.0 Å². The minimum absolute atomic E-state index is 0.409. The van der Waals surface area contributed by atoms with Gasteiger partial charge in [0.1, 0.15) is 13.2 Å². The smallest absolute Gasteiger partial charge is 0.148 e. The fourth-order valence-corrected chi connectivity index (χ4v) is 4.97. The van der Waals surface area contributed by atoms with E-state index in [0.717, 1.165) is 0 Å². The highest BCUT2D eigenvalue weighted by Crippen LogP contribution is 2.42. The Morgan fingerprint density at radius 3 is 1.52 bits per heavy atom. The minimum Gasteiger partial charge on any atom is -0.550 e. The fraction of sp³-hybridized carbons (Fsp3) is 0.136. The van der Waals surface area contributed by atoms with Gasteiger partial charge in [-0.25, -0.2) is 0 Å². The molecule has 140 valence electrons. The first-order valence-corrected chi connectivity index (χ1v) is 10.6. The van der Waals surface area contributed by atoms with Gasteiger partial charge in [0.05, 0.1) is 0 Å². The van der Waals surface area contributed by atoms with Crippen molar-refractivity contribution < 1.29 is 20.2 Å². The Bertz CT molecular complexity index is 838. The third kappa shape index (κ3) is 5.92. The molecule has 0 aliphatic carbocycles.